The van der Waals surface area contributed by atoms with E-state index in [1.54, 1.807) is 30.9 Å². The van der Waals surface area contributed by atoms with Crippen LogP contribution in [0.2, 0.25) is 0 Å². The number of nitrogens with one attached hydrogen (secondary N) is 3. The second kappa shape index (κ2) is 9.65. The first-order chi connectivity index (χ1) is 13.9. The van der Waals surface area contributed by atoms with E-state index in [0.717, 1.165) is 18.4 Å². The minimum atomic E-state index is -3.41. The van der Waals surface area contributed by atoms with Gasteiger partial charge in [-0.15, -0.1) is 11.8 Å². The van der Waals surface area contributed by atoms with Gasteiger partial charge >= 0.3 is 0 Å². The summed E-state index contributed by atoms with van der Waals surface area (Å²) in [6, 6.07) is 13.5. The minimum absolute atomic E-state index is 0.107. The van der Waals surface area contributed by atoms with Gasteiger partial charge in [-0.1, -0.05) is 24.3 Å². The summed E-state index contributed by atoms with van der Waals surface area (Å²) in [7, 11) is -1.67. The number of aliphatic imine (C=N–C) groups is 1. The van der Waals surface area contributed by atoms with Crippen LogP contribution in [0, 0.1) is 6.92 Å². The Balaban J connectivity index is 1.54. The molecule has 29 heavy (non-hydrogen) atoms. The van der Waals surface area contributed by atoms with Gasteiger partial charge in [0.25, 0.3) is 0 Å². The monoisotopic (exact) mass is 432 g/mol. The number of rotatable bonds is 8. The maximum Gasteiger partial charge on any atom is 0.240 e. The van der Waals surface area contributed by atoms with Crippen LogP contribution in [0.15, 0.2) is 57.2 Å². The molecule has 156 valence electrons. The SMILES string of the molecule is CN=C(NCc1ccc(S(=O)(=O)NC2CC2)cc1)NCc1ccc(C)cc1SC. The van der Waals surface area contributed by atoms with Gasteiger partial charge in [-0.2, -0.15) is 0 Å². The molecular weight excluding hydrogens is 404 g/mol. The number of thioether (sulfide) groups is 1. The van der Waals surface area contributed by atoms with Gasteiger partial charge in [-0.25, -0.2) is 13.1 Å². The highest BCUT2D eigenvalue weighted by atomic mass is 32.2. The van der Waals surface area contributed by atoms with Crippen LogP contribution < -0.4 is 15.4 Å². The number of hydrogen-bond donors (Lipinski definition) is 3. The fourth-order valence-electron chi connectivity index (χ4n) is 2.86. The number of hydrogen-bond acceptors (Lipinski definition) is 4. The van der Waals surface area contributed by atoms with Crippen molar-refractivity contribution in [2.45, 2.75) is 48.7 Å². The molecule has 1 fully saturated rings. The van der Waals surface area contributed by atoms with Crippen LogP contribution in [-0.4, -0.2) is 33.7 Å². The number of benzene rings is 2. The molecule has 0 aromatic heterocycles. The Hall–Kier alpha value is -2.03. The molecule has 0 bridgehead atoms. The maximum atomic E-state index is 12.2. The van der Waals surface area contributed by atoms with Gasteiger partial charge in [-0.3, -0.25) is 4.99 Å². The molecule has 0 spiro atoms. The lowest BCUT2D eigenvalue weighted by atomic mass is 10.1. The van der Waals surface area contributed by atoms with Gasteiger partial charge in [-0.05, 0) is 60.9 Å². The van der Waals surface area contributed by atoms with E-state index >= 15 is 0 Å². The Morgan fingerprint density at radius 1 is 1.10 bits per heavy atom. The molecule has 3 rings (SSSR count). The standard InChI is InChI=1S/C21H28N4O2S2/c1-15-4-7-17(20(12-15)28-3)14-24-21(22-2)23-13-16-5-10-19(11-6-16)29(26,27)25-18-8-9-18/h4-7,10-12,18,25H,8-9,13-14H2,1-3H3,(H2,22,23,24). The largest absolute Gasteiger partial charge is 0.352 e. The van der Waals surface area contributed by atoms with Crippen molar-refractivity contribution in [3.63, 3.8) is 0 Å². The fourth-order valence-corrected chi connectivity index (χ4v) is 4.87. The van der Waals surface area contributed by atoms with Gasteiger partial charge in [0.05, 0.1) is 4.90 Å². The van der Waals surface area contributed by atoms with E-state index in [9.17, 15) is 8.42 Å². The van der Waals surface area contributed by atoms with Crippen LogP contribution in [0.4, 0.5) is 0 Å². The van der Waals surface area contributed by atoms with Crippen LogP contribution in [0.3, 0.4) is 0 Å². The van der Waals surface area contributed by atoms with Crippen LogP contribution in [0.25, 0.3) is 0 Å². The fraction of sp³-hybridized carbons (Fsp3) is 0.381. The number of nitrogens with zero attached hydrogens (tertiary/aromatic N) is 1. The van der Waals surface area contributed by atoms with Crippen molar-refractivity contribution in [3.05, 3.63) is 59.2 Å². The van der Waals surface area contributed by atoms with Crippen molar-refractivity contribution in [2.75, 3.05) is 13.3 Å². The molecule has 0 amide bonds. The first kappa shape index (κ1) is 21.7. The van der Waals surface area contributed by atoms with Crippen molar-refractivity contribution >= 4 is 27.7 Å². The van der Waals surface area contributed by atoms with E-state index in [1.807, 2.05) is 12.1 Å². The van der Waals surface area contributed by atoms with Gasteiger partial charge in [0.2, 0.25) is 10.0 Å². The molecule has 6 nitrogen and oxygen atoms in total. The molecule has 8 heteroatoms. The lowest BCUT2D eigenvalue weighted by molar-refractivity contribution is 0.581. The minimum Gasteiger partial charge on any atom is -0.352 e. The zero-order chi connectivity index (χ0) is 20.9. The number of sulfonamides is 1. The Labute approximate surface area is 177 Å². The first-order valence-electron chi connectivity index (χ1n) is 9.60. The van der Waals surface area contributed by atoms with Gasteiger partial charge < -0.3 is 10.6 Å². The van der Waals surface area contributed by atoms with E-state index in [4.69, 9.17) is 0 Å². The van der Waals surface area contributed by atoms with Crippen LogP contribution in [-0.2, 0) is 23.1 Å². The predicted molar refractivity (Wildman–Crippen MR) is 120 cm³/mol. The normalized spacial score (nSPS) is 14.7. The molecule has 2 aromatic carbocycles. The molecular formula is C21H28N4O2S2. The van der Waals surface area contributed by atoms with Gasteiger partial charge in [0, 0.05) is 31.1 Å². The second-order valence-electron chi connectivity index (χ2n) is 7.13. The molecule has 0 atom stereocenters. The lowest BCUT2D eigenvalue weighted by Crippen LogP contribution is -2.36. The third kappa shape index (κ3) is 6.22. The highest BCUT2D eigenvalue weighted by Crippen LogP contribution is 2.23. The van der Waals surface area contributed by atoms with Crippen LogP contribution >= 0.6 is 11.8 Å². The zero-order valence-electron chi connectivity index (χ0n) is 17.0. The number of aryl methyl sites for hydroxylation is 1. The summed E-state index contributed by atoms with van der Waals surface area (Å²) in [5.41, 5.74) is 3.46. The van der Waals surface area contributed by atoms with Crippen molar-refractivity contribution < 1.29 is 8.42 Å². The van der Waals surface area contributed by atoms with E-state index in [0.29, 0.717) is 23.9 Å². The Bertz CT molecular complexity index is 969. The molecule has 2 aromatic rings. The van der Waals surface area contributed by atoms with Crippen molar-refractivity contribution in [2.24, 2.45) is 4.99 Å². The molecule has 0 unspecified atom stereocenters. The average molecular weight is 433 g/mol. The average Bonchev–Trinajstić information content (AvgIpc) is 3.52. The van der Waals surface area contributed by atoms with Gasteiger partial charge in [0.15, 0.2) is 5.96 Å². The van der Waals surface area contributed by atoms with E-state index in [-0.39, 0.29) is 6.04 Å². The zero-order valence-corrected chi connectivity index (χ0v) is 18.7. The summed E-state index contributed by atoms with van der Waals surface area (Å²) >= 11 is 1.74. The summed E-state index contributed by atoms with van der Waals surface area (Å²) in [6.45, 7) is 3.33. The predicted octanol–water partition coefficient (Wildman–Crippen LogP) is 3.02. The molecule has 1 aliphatic rings. The Morgan fingerprint density at radius 3 is 2.41 bits per heavy atom. The van der Waals surface area contributed by atoms with E-state index in [1.165, 1.54) is 16.0 Å². The van der Waals surface area contributed by atoms with Crippen LogP contribution in [0.1, 0.15) is 29.5 Å². The maximum absolute atomic E-state index is 12.2. The molecule has 0 radical (unpaired) electrons. The number of guanidine groups is 1. The van der Waals surface area contributed by atoms with Crippen molar-refractivity contribution in [1.82, 2.24) is 15.4 Å². The molecule has 3 N–H and O–H groups in total. The highest BCUT2D eigenvalue weighted by Gasteiger charge is 2.27. The molecule has 1 aliphatic carbocycles. The third-order valence-electron chi connectivity index (χ3n) is 4.71. The first-order valence-corrected chi connectivity index (χ1v) is 12.3. The summed E-state index contributed by atoms with van der Waals surface area (Å²) < 4.78 is 27.2. The summed E-state index contributed by atoms with van der Waals surface area (Å²) in [6.07, 6.45) is 3.93. The van der Waals surface area contributed by atoms with Crippen molar-refractivity contribution in [1.29, 1.82) is 0 Å². The lowest BCUT2D eigenvalue weighted by Gasteiger charge is -2.14. The smallest absolute Gasteiger partial charge is 0.240 e. The molecule has 0 saturated heterocycles. The Kier molecular flexibility index (Phi) is 7.21. The molecule has 0 heterocycles. The molecule has 1 saturated carbocycles. The Morgan fingerprint density at radius 2 is 1.79 bits per heavy atom. The quantitative estimate of drug-likeness (QED) is 0.339. The topological polar surface area (TPSA) is 82.6 Å². The van der Waals surface area contributed by atoms with Gasteiger partial charge in [0.1, 0.15) is 0 Å². The van der Waals surface area contributed by atoms with Crippen LogP contribution in [0.5, 0.6) is 0 Å². The second-order valence-corrected chi connectivity index (χ2v) is 9.70. The van der Waals surface area contributed by atoms with E-state index in [2.05, 4.69) is 51.7 Å². The summed E-state index contributed by atoms with van der Waals surface area (Å²) in [5, 5.41) is 6.61. The third-order valence-corrected chi connectivity index (χ3v) is 7.06. The van der Waals surface area contributed by atoms with Crippen molar-refractivity contribution in [3.8, 4) is 0 Å². The summed E-state index contributed by atoms with van der Waals surface area (Å²) in [4.78, 5) is 5.83. The summed E-state index contributed by atoms with van der Waals surface area (Å²) in [5.74, 6) is 0.699. The highest BCUT2D eigenvalue weighted by molar-refractivity contribution is 7.98. The molecule has 0 aliphatic heterocycles. The van der Waals surface area contributed by atoms with E-state index < -0.39 is 10.0 Å².